The van der Waals surface area contributed by atoms with Gasteiger partial charge in [-0.2, -0.15) is 0 Å². The van der Waals surface area contributed by atoms with Crippen molar-refractivity contribution in [3.63, 3.8) is 0 Å². The first-order valence-electron chi connectivity index (χ1n) is 4.85. The monoisotopic (exact) mass is 193 g/mol. The standard InChI is InChI=1S/C10H15N3O/c1-11-8-4-9(6-12-5-8)13-3-2-10(14)7-13/h4-6,10-11,14H,2-3,7H2,1H3/t10-/m1/s1. The van der Waals surface area contributed by atoms with E-state index in [4.69, 9.17) is 0 Å². The molecule has 0 aromatic carbocycles. The van der Waals surface area contributed by atoms with Crippen LogP contribution >= 0.6 is 0 Å². The molecule has 1 aromatic rings. The van der Waals surface area contributed by atoms with Gasteiger partial charge in [-0.15, -0.1) is 0 Å². The number of anilines is 2. The van der Waals surface area contributed by atoms with Gasteiger partial charge in [0.2, 0.25) is 0 Å². The normalized spacial score (nSPS) is 21.3. The molecule has 76 valence electrons. The first kappa shape index (κ1) is 9.27. The van der Waals surface area contributed by atoms with E-state index in [0.717, 1.165) is 30.9 Å². The van der Waals surface area contributed by atoms with Crippen molar-refractivity contribution >= 4 is 11.4 Å². The van der Waals surface area contributed by atoms with Crippen molar-refractivity contribution < 1.29 is 5.11 Å². The van der Waals surface area contributed by atoms with Gasteiger partial charge in [0.25, 0.3) is 0 Å². The number of aliphatic hydroxyl groups excluding tert-OH is 1. The zero-order valence-corrected chi connectivity index (χ0v) is 8.27. The van der Waals surface area contributed by atoms with Crippen LogP contribution in [0.3, 0.4) is 0 Å². The minimum atomic E-state index is -0.187. The zero-order valence-electron chi connectivity index (χ0n) is 8.27. The van der Waals surface area contributed by atoms with Gasteiger partial charge < -0.3 is 15.3 Å². The Hall–Kier alpha value is -1.29. The lowest BCUT2D eigenvalue weighted by Crippen LogP contribution is -2.21. The molecule has 14 heavy (non-hydrogen) atoms. The number of aromatic nitrogens is 1. The van der Waals surface area contributed by atoms with E-state index in [1.165, 1.54) is 0 Å². The Morgan fingerprint density at radius 2 is 2.43 bits per heavy atom. The van der Waals surface area contributed by atoms with Gasteiger partial charge in [0.1, 0.15) is 0 Å². The molecule has 1 aliphatic rings. The second kappa shape index (κ2) is 3.84. The summed E-state index contributed by atoms with van der Waals surface area (Å²) in [6.45, 7) is 1.63. The van der Waals surface area contributed by atoms with E-state index in [1.54, 1.807) is 6.20 Å². The molecule has 0 bridgehead atoms. The largest absolute Gasteiger partial charge is 0.391 e. The topological polar surface area (TPSA) is 48.4 Å². The maximum atomic E-state index is 9.41. The lowest BCUT2D eigenvalue weighted by atomic mass is 10.3. The number of nitrogens with zero attached hydrogens (tertiary/aromatic N) is 2. The average molecular weight is 193 g/mol. The van der Waals surface area contributed by atoms with E-state index in [0.29, 0.717) is 0 Å². The van der Waals surface area contributed by atoms with Crippen molar-refractivity contribution in [3.05, 3.63) is 18.5 Å². The predicted molar refractivity (Wildman–Crippen MR) is 56.6 cm³/mol. The predicted octanol–water partition coefficient (Wildman–Crippen LogP) is 0.694. The molecule has 0 spiro atoms. The summed E-state index contributed by atoms with van der Waals surface area (Å²) in [4.78, 5) is 6.29. The molecule has 2 N–H and O–H groups in total. The van der Waals surface area contributed by atoms with E-state index in [2.05, 4.69) is 15.2 Å². The van der Waals surface area contributed by atoms with Crippen LogP contribution in [0.1, 0.15) is 6.42 Å². The number of pyridine rings is 1. The fourth-order valence-corrected chi connectivity index (χ4v) is 1.71. The van der Waals surface area contributed by atoms with E-state index >= 15 is 0 Å². The van der Waals surface area contributed by atoms with Crippen LogP contribution in [0.5, 0.6) is 0 Å². The highest BCUT2D eigenvalue weighted by atomic mass is 16.3. The Kier molecular flexibility index (Phi) is 2.54. The molecule has 0 aliphatic carbocycles. The third-order valence-corrected chi connectivity index (χ3v) is 2.54. The molecular weight excluding hydrogens is 178 g/mol. The molecule has 0 saturated carbocycles. The molecule has 2 rings (SSSR count). The fraction of sp³-hybridized carbons (Fsp3) is 0.500. The molecule has 0 unspecified atom stereocenters. The first-order chi connectivity index (χ1) is 6.79. The van der Waals surface area contributed by atoms with Crippen LogP contribution in [0.2, 0.25) is 0 Å². The first-order valence-corrected chi connectivity index (χ1v) is 4.85. The lowest BCUT2D eigenvalue weighted by Gasteiger charge is -2.17. The van der Waals surface area contributed by atoms with Crippen LogP contribution in [0, 0.1) is 0 Å². The third kappa shape index (κ3) is 1.80. The third-order valence-electron chi connectivity index (χ3n) is 2.54. The lowest BCUT2D eigenvalue weighted by molar-refractivity contribution is 0.198. The van der Waals surface area contributed by atoms with Gasteiger partial charge in [0.05, 0.1) is 29.9 Å². The maximum Gasteiger partial charge on any atom is 0.0731 e. The molecule has 1 fully saturated rings. The minimum Gasteiger partial charge on any atom is -0.391 e. The van der Waals surface area contributed by atoms with Gasteiger partial charge in [-0.05, 0) is 12.5 Å². The van der Waals surface area contributed by atoms with Gasteiger partial charge >= 0.3 is 0 Å². The number of rotatable bonds is 2. The van der Waals surface area contributed by atoms with Crippen LogP contribution in [0.25, 0.3) is 0 Å². The van der Waals surface area contributed by atoms with Crippen molar-refractivity contribution in [1.29, 1.82) is 0 Å². The number of hydrogen-bond donors (Lipinski definition) is 2. The van der Waals surface area contributed by atoms with Gasteiger partial charge in [0.15, 0.2) is 0 Å². The highest BCUT2D eigenvalue weighted by molar-refractivity contribution is 5.55. The second-order valence-electron chi connectivity index (χ2n) is 3.57. The van der Waals surface area contributed by atoms with Gasteiger partial charge in [-0.1, -0.05) is 0 Å². The van der Waals surface area contributed by atoms with Crippen molar-refractivity contribution in [2.75, 3.05) is 30.4 Å². The van der Waals surface area contributed by atoms with Crippen molar-refractivity contribution in [3.8, 4) is 0 Å². The highest BCUT2D eigenvalue weighted by Crippen LogP contribution is 2.21. The summed E-state index contributed by atoms with van der Waals surface area (Å²) in [6.07, 6.45) is 4.28. The van der Waals surface area contributed by atoms with Crippen LogP contribution in [-0.4, -0.2) is 36.3 Å². The van der Waals surface area contributed by atoms with Crippen molar-refractivity contribution in [2.45, 2.75) is 12.5 Å². The summed E-state index contributed by atoms with van der Waals surface area (Å²) < 4.78 is 0. The molecule has 0 radical (unpaired) electrons. The van der Waals surface area contributed by atoms with Crippen molar-refractivity contribution in [1.82, 2.24) is 4.98 Å². The number of β-amino-alcohol motifs (C(OH)–C–C–N with tert-alkyl or cyclic N) is 1. The molecule has 2 heterocycles. The number of aliphatic hydroxyl groups is 1. The molecule has 1 aromatic heterocycles. The Balaban J connectivity index is 2.15. The number of nitrogens with one attached hydrogen (secondary N) is 1. The van der Waals surface area contributed by atoms with Gasteiger partial charge in [0, 0.05) is 20.1 Å². The van der Waals surface area contributed by atoms with Crippen LogP contribution in [-0.2, 0) is 0 Å². The summed E-state index contributed by atoms with van der Waals surface area (Å²) in [5.74, 6) is 0. The molecular formula is C10H15N3O. The average Bonchev–Trinajstić information content (AvgIpc) is 2.65. The summed E-state index contributed by atoms with van der Waals surface area (Å²) in [6, 6.07) is 2.05. The summed E-state index contributed by atoms with van der Waals surface area (Å²) in [5.41, 5.74) is 2.08. The van der Waals surface area contributed by atoms with E-state index < -0.39 is 0 Å². The van der Waals surface area contributed by atoms with Crippen LogP contribution < -0.4 is 10.2 Å². The SMILES string of the molecule is CNc1cncc(N2CC[C@@H](O)C2)c1. The molecule has 4 nitrogen and oxygen atoms in total. The summed E-state index contributed by atoms with van der Waals surface area (Å²) in [5, 5.41) is 12.5. The summed E-state index contributed by atoms with van der Waals surface area (Å²) >= 11 is 0. The quantitative estimate of drug-likeness (QED) is 0.725. The smallest absolute Gasteiger partial charge is 0.0731 e. The van der Waals surface area contributed by atoms with E-state index in [-0.39, 0.29) is 6.10 Å². The molecule has 1 atom stereocenters. The zero-order chi connectivity index (χ0) is 9.97. The van der Waals surface area contributed by atoms with Crippen LogP contribution in [0.4, 0.5) is 11.4 Å². The molecule has 1 saturated heterocycles. The second-order valence-corrected chi connectivity index (χ2v) is 3.57. The van der Waals surface area contributed by atoms with E-state index in [1.807, 2.05) is 19.3 Å². The summed E-state index contributed by atoms with van der Waals surface area (Å²) in [7, 11) is 1.87. The van der Waals surface area contributed by atoms with Gasteiger partial charge in [-0.25, -0.2) is 0 Å². The molecule has 4 heteroatoms. The van der Waals surface area contributed by atoms with Crippen LogP contribution in [0.15, 0.2) is 18.5 Å². The maximum absolute atomic E-state index is 9.41. The van der Waals surface area contributed by atoms with Crippen molar-refractivity contribution in [2.24, 2.45) is 0 Å². The van der Waals surface area contributed by atoms with E-state index in [9.17, 15) is 5.11 Å². The highest BCUT2D eigenvalue weighted by Gasteiger charge is 2.20. The minimum absolute atomic E-state index is 0.187. The molecule has 1 aliphatic heterocycles. The molecule has 0 amide bonds. The Labute approximate surface area is 83.6 Å². The fourth-order valence-electron chi connectivity index (χ4n) is 1.71. The Morgan fingerprint density at radius 1 is 1.57 bits per heavy atom. The number of hydrogen-bond acceptors (Lipinski definition) is 4. The van der Waals surface area contributed by atoms with Gasteiger partial charge in [-0.3, -0.25) is 4.98 Å². The Bertz CT molecular complexity index is 316. The Morgan fingerprint density at radius 3 is 3.07 bits per heavy atom.